The van der Waals surface area contributed by atoms with Crippen LogP contribution in [0.5, 0.6) is 0 Å². The molecule has 1 spiro atoms. The summed E-state index contributed by atoms with van der Waals surface area (Å²) in [5, 5.41) is 0.373. The van der Waals surface area contributed by atoms with E-state index < -0.39 is 11.9 Å². The molecule has 0 aromatic carbocycles. The summed E-state index contributed by atoms with van der Waals surface area (Å²) in [6.45, 7) is 3.48. The molecule has 0 aliphatic carbocycles. The highest BCUT2D eigenvalue weighted by molar-refractivity contribution is 7.99. The van der Waals surface area contributed by atoms with Crippen molar-refractivity contribution in [1.29, 1.82) is 0 Å². The largest absolute Gasteiger partial charge is 0.434 e. The average molecular weight is 463 g/mol. The summed E-state index contributed by atoms with van der Waals surface area (Å²) in [5.41, 5.74) is 5.70. The van der Waals surface area contributed by atoms with Crippen LogP contribution in [0.15, 0.2) is 40.4 Å². The topological polar surface area (TPSA) is 90.0 Å². The number of pyridine rings is 2. The van der Waals surface area contributed by atoms with Crippen LogP contribution in [0.3, 0.4) is 0 Å². The van der Waals surface area contributed by atoms with Crippen LogP contribution in [0.4, 0.5) is 24.8 Å². The molecule has 0 bridgehead atoms. The second-order valence-corrected chi connectivity index (χ2v) is 9.25. The lowest BCUT2D eigenvalue weighted by atomic mass is 9.78. The van der Waals surface area contributed by atoms with E-state index in [0.717, 1.165) is 63.1 Å². The fourth-order valence-corrected chi connectivity index (χ4v) is 5.09. The van der Waals surface area contributed by atoms with E-state index in [1.807, 2.05) is 0 Å². The molecule has 5 heterocycles. The van der Waals surface area contributed by atoms with Gasteiger partial charge in [0.05, 0.1) is 12.8 Å². The van der Waals surface area contributed by atoms with Gasteiger partial charge in [0.2, 0.25) is 0 Å². The zero-order valence-corrected chi connectivity index (χ0v) is 17.9. The maximum Gasteiger partial charge on any atom is 0.434 e. The number of nitrogen functional groups attached to an aromatic ring is 1. The summed E-state index contributed by atoms with van der Waals surface area (Å²) >= 11 is 0.868. The molecule has 2 N–H and O–H groups in total. The Kier molecular flexibility index (Phi) is 5.32. The molecule has 2 aliphatic heterocycles. The molecule has 32 heavy (non-hydrogen) atoms. The van der Waals surface area contributed by atoms with Gasteiger partial charge in [-0.2, -0.15) is 13.2 Å². The van der Waals surface area contributed by atoms with E-state index in [0.29, 0.717) is 21.6 Å². The lowest BCUT2D eigenvalue weighted by Gasteiger charge is -2.38. The number of hydrogen-bond donors (Lipinski definition) is 1. The maximum atomic E-state index is 13.3. The highest BCUT2D eigenvalue weighted by atomic mass is 32.2. The Morgan fingerprint density at radius 1 is 1.03 bits per heavy atom. The number of alkyl halides is 3. The Labute approximate surface area is 186 Å². The number of anilines is 2. The van der Waals surface area contributed by atoms with E-state index >= 15 is 0 Å². The van der Waals surface area contributed by atoms with Gasteiger partial charge in [-0.25, -0.2) is 19.9 Å². The van der Waals surface area contributed by atoms with E-state index in [9.17, 15) is 13.2 Å². The van der Waals surface area contributed by atoms with E-state index in [-0.39, 0.29) is 10.7 Å². The van der Waals surface area contributed by atoms with Gasteiger partial charge < -0.3 is 15.4 Å². The molecule has 3 aromatic rings. The Balaban J connectivity index is 1.35. The monoisotopic (exact) mass is 462 g/mol. The fourth-order valence-electron chi connectivity index (χ4n) is 4.20. The highest BCUT2D eigenvalue weighted by Gasteiger charge is 2.38. The predicted molar refractivity (Wildman–Crippen MR) is 114 cm³/mol. The van der Waals surface area contributed by atoms with Crippen molar-refractivity contribution in [1.82, 2.24) is 19.9 Å². The molecule has 2 fully saturated rings. The van der Waals surface area contributed by atoms with Crippen molar-refractivity contribution in [2.24, 2.45) is 5.41 Å². The maximum absolute atomic E-state index is 13.3. The predicted octanol–water partition coefficient (Wildman–Crippen LogP) is 4.18. The van der Waals surface area contributed by atoms with Crippen molar-refractivity contribution >= 4 is 34.6 Å². The lowest BCUT2D eigenvalue weighted by Crippen LogP contribution is -2.40. The first kappa shape index (κ1) is 21.2. The number of rotatable bonds is 3. The third-order valence-corrected chi connectivity index (χ3v) is 7.05. The molecule has 0 saturated carbocycles. The number of piperidine rings is 1. The summed E-state index contributed by atoms with van der Waals surface area (Å²) < 4.78 is 45.5. The van der Waals surface area contributed by atoms with E-state index in [1.54, 1.807) is 18.3 Å². The van der Waals surface area contributed by atoms with Gasteiger partial charge in [-0.15, -0.1) is 0 Å². The van der Waals surface area contributed by atoms with Crippen LogP contribution in [0.25, 0.3) is 11.2 Å². The van der Waals surface area contributed by atoms with Crippen LogP contribution in [-0.4, -0.2) is 46.2 Å². The average Bonchev–Trinajstić information content (AvgIpc) is 3.22. The van der Waals surface area contributed by atoms with Crippen molar-refractivity contribution in [2.75, 3.05) is 36.9 Å². The van der Waals surface area contributed by atoms with Crippen molar-refractivity contribution in [2.45, 2.75) is 35.4 Å². The summed E-state index contributed by atoms with van der Waals surface area (Å²) in [4.78, 5) is 19.1. The van der Waals surface area contributed by atoms with Gasteiger partial charge in [-0.1, -0.05) is 11.8 Å². The minimum atomic E-state index is -4.61. The van der Waals surface area contributed by atoms with E-state index in [4.69, 9.17) is 10.5 Å². The Bertz CT molecular complexity index is 1140. The lowest BCUT2D eigenvalue weighted by molar-refractivity contribution is -0.143. The number of ether oxygens (including phenoxy) is 1. The Morgan fingerprint density at radius 2 is 1.84 bits per heavy atom. The number of aromatic nitrogens is 4. The normalized spacial score (nSPS) is 18.5. The molecule has 0 unspecified atom stereocenters. The number of nitrogens with zero attached hydrogens (tertiary/aromatic N) is 5. The standard InChI is InChI=1S/C21H21F3N6OS/c22-21(23,24)18-14(2-3-15(25)28-18)32-17-4-1-13-19(29-17)26-11-16(27-13)30-8-5-20(6-9-30)7-10-31-12-20/h1-4,11H,5-10,12H2,(H2,25,28). The van der Waals surface area contributed by atoms with Gasteiger partial charge in [0.1, 0.15) is 22.2 Å². The number of nitrogens with two attached hydrogens (primary N) is 1. The van der Waals surface area contributed by atoms with Crippen molar-refractivity contribution in [3.63, 3.8) is 0 Å². The zero-order valence-electron chi connectivity index (χ0n) is 17.1. The molecule has 7 nitrogen and oxygen atoms in total. The van der Waals surface area contributed by atoms with Gasteiger partial charge in [0.15, 0.2) is 11.3 Å². The quantitative estimate of drug-likeness (QED) is 0.620. The van der Waals surface area contributed by atoms with Crippen LogP contribution in [0.1, 0.15) is 25.0 Å². The number of hydrogen-bond acceptors (Lipinski definition) is 8. The van der Waals surface area contributed by atoms with Crippen LogP contribution in [-0.2, 0) is 10.9 Å². The van der Waals surface area contributed by atoms with Crippen molar-refractivity contribution in [3.8, 4) is 0 Å². The summed E-state index contributed by atoms with van der Waals surface area (Å²) in [5.74, 6) is 0.603. The summed E-state index contributed by atoms with van der Waals surface area (Å²) in [6.07, 6.45) is 0.323. The third kappa shape index (κ3) is 4.18. The minimum Gasteiger partial charge on any atom is -0.384 e. The third-order valence-electron chi connectivity index (χ3n) is 6.06. The van der Waals surface area contributed by atoms with Crippen LogP contribution >= 0.6 is 11.8 Å². The first-order valence-electron chi connectivity index (χ1n) is 10.3. The molecule has 0 atom stereocenters. The van der Waals surface area contributed by atoms with Crippen molar-refractivity contribution < 1.29 is 17.9 Å². The molecule has 0 amide bonds. The summed E-state index contributed by atoms with van der Waals surface area (Å²) in [6, 6.07) is 6.01. The first-order chi connectivity index (χ1) is 15.3. The van der Waals surface area contributed by atoms with Gasteiger partial charge >= 0.3 is 6.18 Å². The minimum absolute atomic E-state index is 0.0683. The zero-order chi connectivity index (χ0) is 22.3. The second-order valence-electron chi connectivity index (χ2n) is 8.19. The first-order valence-corrected chi connectivity index (χ1v) is 11.1. The fraction of sp³-hybridized carbons (Fsp3) is 0.429. The molecule has 3 aromatic heterocycles. The molecule has 168 valence electrons. The smallest absolute Gasteiger partial charge is 0.384 e. The van der Waals surface area contributed by atoms with Crippen molar-refractivity contribution in [3.05, 3.63) is 36.2 Å². The van der Waals surface area contributed by atoms with Crippen LogP contribution < -0.4 is 10.6 Å². The van der Waals surface area contributed by atoms with E-state index in [2.05, 4.69) is 24.8 Å². The molecule has 5 rings (SSSR count). The molecular formula is C21H21F3N6OS. The number of fused-ring (bicyclic) bond motifs is 1. The number of halogens is 3. The van der Waals surface area contributed by atoms with Gasteiger partial charge in [0, 0.05) is 24.6 Å². The van der Waals surface area contributed by atoms with Gasteiger partial charge in [0.25, 0.3) is 0 Å². The molecule has 0 radical (unpaired) electrons. The molecule has 11 heteroatoms. The summed E-state index contributed by atoms with van der Waals surface area (Å²) in [7, 11) is 0. The van der Waals surface area contributed by atoms with E-state index in [1.165, 1.54) is 12.1 Å². The Hall–Kier alpha value is -2.66. The van der Waals surface area contributed by atoms with Crippen LogP contribution in [0.2, 0.25) is 0 Å². The highest BCUT2D eigenvalue weighted by Crippen LogP contribution is 2.40. The van der Waals surface area contributed by atoms with Gasteiger partial charge in [-0.3, -0.25) is 0 Å². The Morgan fingerprint density at radius 3 is 2.56 bits per heavy atom. The van der Waals surface area contributed by atoms with Crippen LogP contribution in [0, 0.1) is 5.41 Å². The van der Waals surface area contributed by atoms with Gasteiger partial charge in [-0.05, 0) is 48.9 Å². The second kappa shape index (κ2) is 8.04. The molecular weight excluding hydrogens is 441 g/mol. The SMILES string of the molecule is Nc1ccc(Sc2ccc3nc(N4CCC5(CCOC5)CC4)cnc3n2)c(C(F)(F)F)n1. The molecule has 2 aliphatic rings. The molecule has 2 saturated heterocycles.